The van der Waals surface area contributed by atoms with E-state index in [-0.39, 0.29) is 5.69 Å². The summed E-state index contributed by atoms with van der Waals surface area (Å²) < 4.78 is 13.4. The van der Waals surface area contributed by atoms with Crippen LogP contribution in [0.3, 0.4) is 0 Å². The van der Waals surface area contributed by atoms with Crippen molar-refractivity contribution in [1.29, 1.82) is 0 Å². The van der Waals surface area contributed by atoms with Crippen molar-refractivity contribution in [2.24, 2.45) is 0 Å². The molecule has 1 aromatic heterocycles. The monoisotopic (exact) mass is 247 g/mol. The lowest BCUT2D eigenvalue weighted by Gasteiger charge is -2.11. The van der Waals surface area contributed by atoms with Gasteiger partial charge in [0.25, 0.3) is 11.8 Å². The summed E-state index contributed by atoms with van der Waals surface area (Å²) in [5.41, 5.74) is 0.674. The summed E-state index contributed by atoms with van der Waals surface area (Å²) in [6, 6.07) is 6.49. The van der Waals surface area contributed by atoms with Gasteiger partial charge < -0.3 is 0 Å². The summed E-state index contributed by atoms with van der Waals surface area (Å²) in [4.78, 5) is 24.9. The highest BCUT2D eigenvalue weighted by atomic mass is 32.1. The minimum absolute atomic E-state index is 0.0289. The van der Waals surface area contributed by atoms with Gasteiger partial charge in [-0.1, -0.05) is 12.1 Å². The molecule has 3 nitrogen and oxygen atoms in total. The molecule has 0 spiro atoms. The first-order valence-corrected chi connectivity index (χ1v) is 5.84. The molecule has 1 aromatic carbocycles. The van der Waals surface area contributed by atoms with Crippen LogP contribution in [0.1, 0.15) is 20.7 Å². The summed E-state index contributed by atoms with van der Waals surface area (Å²) in [5.74, 6) is -1.49. The van der Waals surface area contributed by atoms with Crippen molar-refractivity contribution in [2.45, 2.75) is 0 Å². The van der Waals surface area contributed by atoms with Crippen LogP contribution in [-0.4, -0.2) is 11.8 Å². The number of anilines is 1. The topological polar surface area (TPSA) is 37.4 Å². The standard InChI is InChI=1S/C12H6FNO2S/c13-9-5-17-6-10(9)14-11(15)7-3-1-2-4-8(7)12(14)16/h1-6H. The smallest absolute Gasteiger partial charge is 0.266 e. The molecule has 2 heterocycles. The Hall–Kier alpha value is -2.01. The van der Waals surface area contributed by atoms with E-state index in [9.17, 15) is 14.0 Å². The number of nitrogens with zero attached hydrogens (tertiary/aromatic N) is 1. The van der Waals surface area contributed by atoms with E-state index in [0.717, 1.165) is 16.2 Å². The van der Waals surface area contributed by atoms with Gasteiger partial charge in [0, 0.05) is 10.8 Å². The van der Waals surface area contributed by atoms with Gasteiger partial charge in [-0.2, -0.15) is 0 Å². The predicted octanol–water partition coefficient (Wildman–Crippen LogP) is 2.69. The molecule has 2 aromatic rings. The Kier molecular flexibility index (Phi) is 2.09. The van der Waals surface area contributed by atoms with Crippen LogP contribution in [0, 0.1) is 5.82 Å². The highest BCUT2D eigenvalue weighted by molar-refractivity contribution is 7.08. The molecule has 3 rings (SSSR count). The van der Waals surface area contributed by atoms with Crippen molar-refractivity contribution >= 4 is 28.8 Å². The second kappa shape index (κ2) is 3.49. The number of halogens is 1. The number of carbonyl (C=O) groups is 2. The zero-order valence-corrected chi connectivity index (χ0v) is 9.33. The molecule has 0 radical (unpaired) electrons. The second-order valence-corrected chi connectivity index (χ2v) is 4.34. The van der Waals surface area contributed by atoms with Gasteiger partial charge in [0.05, 0.1) is 16.8 Å². The van der Waals surface area contributed by atoms with Gasteiger partial charge in [-0.25, -0.2) is 9.29 Å². The minimum Gasteiger partial charge on any atom is -0.268 e. The summed E-state index contributed by atoms with van der Waals surface area (Å²) in [7, 11) is 0. The van der Waals surface area contributed by atoms with Gasteiger partial charge in [-0.15, -0.1) is 11.3 Å². The summed E-state index contributed by atoms with van der Waals surface area (Å²) >= 11 is 1.11. The molecule has 0 aliphatic carbocycles. The molecule has 0 N–H and O–H groups in total. The Morgan fingerprint density at radius 3 is 2.06 bits per heavy atom. The van der Waals surface area contributed by atoms with E-state index < -0.39 is 17.6 Å². The molecule has 1 aliphatic heterocycles. The lowest BCUT2D eigenvalue weighted by atomic mass is 10.1. The lowest BCUT2D eigenvalue weighted by Crippen LogP contribution is -2.29. The van der Waals surface area contributed by atoms with E-state index >= 15 is 0 Å². The Bertz CT molecular complexity index is 600. The molecule has 0 atom stereocenters. The third kappa shape index (κ3) is 1.32. The molecule has 0 saturated heterocycles. The first-order chi connectivity index (χ1) is 8.20. The Morgan fingerprint density at radius 1 is 1.00 bits per heavy atom. The van der Waals surface area contributed by atoms with Crippen LogP contribution < -0.4 is 4.90 Å². The summed E-state index contributed by atoms with van der Waals surface area (Å²) in [6.45, 7) is 0. The van der Waals surface area contributed by atoms with Gasteiger partial charge in [0.2, 0.25) is 0 Å². The maximum atomic E-state index is 13.4. The summed E-state index contributed by atoms with van der Waals surface area (Å²) in [6.07, 6.45) is 0. The van der Waals surface area contributed by atoms with Gasteiger partial charge in [0.15, 0.2) is 5.82 Å². The lowest BCUT2D eigenvalue weighted by molar-refractivity contribution is 0.0925. The van der Waals surface area contributed by atoms with Crippen molar-refractivity contribution in [2.75, 3.05) is 4.90 Å². The van der Waals surface area contributed by atoms with Crippen molar-refractivity contribution in [3.05, 3.63) is 52.0 Å². The highest BCUT2D eigenvalue weighted by Gasteiger charge is 2.37. The average Bonchev–Trinajstić information content (AvgIpc) is 2.84. The highest BCUT2D eigenvalue weighted by Crippen LogP contribution is 2.31. The molecule has 17 heavy (non-hydrogen) atoms. The minimum atomic E-state index is -0.551. The molecule has 2 amide bonds. The molecule has 0 fully saturated rings. The number of hydrogen-bond acceptors (Lipinski definition) is 3. The molecule has 0 saturated carbocycles. The molecule has 1 aliphatic rings. The van der Waals surface area contributed by atoms with Gasteiger partial charge >= 0.3 is 0 Å². The first-order valence-electron chi connectivity index (χ1n) is 4.89. The first kappa shape index (κ1) is 10.2. The van der Waals surface area contributed by atoms with Crippen LogP contribution in [0.25, 0.3) is 0 Å². The van der Waals surface area contributed by atoms with Crippen LogP contribution in [0.4, 0.5) is 10.1 Å². The quantitative estimate of drug-likeness (QED) is 0.726. The Labute approximate surface area is 100 Å². The van der Waals surface area contributed by atoms with Gasteiger partial charge in [-0.3, -0.25) is 9.59 Å². The zero-order chi connectivity index (χ0) is 12.0. The normalized spacial score (nSPS) is 14.3. The van der Waals surface area contributed by atoms with Gasteiger partial charge in [0.1, 0.15) is 0 Å². The number of hydrogen-bond donors (Lipinski definition) is 0. The van der Waals surface area contributed by atoms with E-state index in [4.69, 9.17) is 0 Å². The number of imide groups is 1. The Morgan fingerprint density at radius 2 is 1.59 bits per heavy atom. The third-order valence-electron chi connectivity index (χ3n) is 2.63. The third-order valence-corrected chi connectivity index (χ3v) is 3.33. The van der Waals surface area contributed by atoms with E-state index in [2.05, 4.69) is 0 Å². The van der Waals surface area contributed by atoms with E-state index in [1.54, 1.807) is 24.3 Å². The molecule has 0 unspecified atom stereocenters. The number of amides is 2. The fraction of sp³-hybridized carbons (Fsp3) is 0. The maximum Gasteiger partial charge on any atom is 0.266 e. The van der Waals surface area contributed by atoms with Crippen LogP contribution in [0.2, 0.25) is 0 Å². The SMILES string of the molecule is O=C1c2ccccc2C(=O)N1c1cscc1F. The van der Waals surface area contributed by atoms with Crippen LogP contribution in [0.15, 0.2) is 35.0 Å². The zero-order valence-electron chi connectivity index (χ0n) is 8.51. The number of fused-ring (bicyclic) bond motifs is 1. The number of rotatable bonds is 1. The van der Waals surface area contributed by atoms with Crippen LogP contribution >= 0.6 is 11.3 Å². The van der Waals surface area contributed by atoms with E-state index in [1.165, 1.54) is 10.8 Å². The molecule has 0 bridgehead atoms. The molecule has 5 heteroatoms. The van der Waals surface area contributed by atoms with Crippen LogP contribution in [-0.2, 0) is 0 Å². The van der Waals surface area contributed by atoms with Crippen molar-refractivity contribution in [3.63, 3.8) is 0 Å². The van der Waals surface area contributed by atoms with Crippen molar-refractivity contribution < 1.29 is 14.0 Å². The number of thiophene rings is 1. The van der Waals surface area contributed by atoms with Crippen LogP contribution in [0.5, 0.6) is 0 Å². The second-order valence-electron chi connectivity index (χ2n) is 3.60. The van der Waals surface area contributed by atoms with Crippen molar-refractivity contribution in [1.82, 2.24) is 0 Å². The molecular formula is C12H6FNO2S. The number of benzene rings is 1. The molecule has 84 valence electrons. The van der Waals surface area contributed by atoms with E-state index in [0.29, 0.717) is 11.1 Å². The van der Waals surface area contributed by atoms with Crippen molar-refractivity contribution in [3.8, 4) is 0 Å². The fourth-order valence-corrected chi connectivity index (χ4v) is 2.50. The Balaban J connectivity index is 2.16. The summed E-state index contributed by atoms with van der Waals surface area (Å²) in [5, 5.41) is 2.72. The number of carbonyl (C=O) groups excluding carboxylic acids is 2. The predicted molar refractivity (Wildman–Crippen MR) is 61.9 cm³/mol. The van der Waals surface area contributed by atoms with E-state index in [1.807, 2.05) is 0 Å². The average molecular weight is 247 g/mol. The maximum absolute atomic E-state index is 13.4. The molecular weight excluding hydrogens is 241 g/mol. The fourth-order valence-electron chi connectivity index (χ4n) is 1.84. The van der Waals surface area contributed by atoms with Gasteiger partial charge in [-0.05, 0) is 12.1 Å². The largest absolute Gasteiger partial charge is 0.268 e.